The summed E-state index contributed by atoms with van der Waals surface area (Å²) >= 11 is 5.67. The first kappa shape index (κ1) is 10.8. The highest BCUT2D eigenvalue weighted by molar-refractivity contribution is 6.29. The van der Waals surface area contributed by atoms with Crippen molar-refractivity contribution in [2.45, 2.75) is 6.92 Å². The fourth-order valence-corrected chi connectivity index (χ4v) is 1.13. The van der Waals surface area contributed by atoms with Crippen LogP contribution in [0.4, 0.5) is 5.69 Å². The molecule has 1 rings (SSSR count). The predicted octanol–water partition coefficient (Wildman–Crippen LogP) is 1.28. The van der Waals surface area contributed by atoms with Crippen molar-refractivity contribution >= 4 is 23.2 Å². The van der Waals surface area contributed by atoms with Gasteiger partial charge in [-0.2, -0.15) is 0 Å². The number of amides is 1. The average molecular weight is 214 g/mol. The van der Waals surface area contributed by atoms with E-state index in [0.717, 1.165) is 5.69 Å². The molecule has 1 aromatic heterocycles. The van der Waals surface area contributed by atoms with Crippen LogP contribution < -0.4 is 10.6 Å². The number of halogens is 1. The van der Waals surface area contributed by atoms with Crippen LogP contribution in [0.15, 0.2) is 18.3 Å². The highest BCUT2D eigenvalue weighted by atomic mass is 35.5. The van der Waals surface area contributed by atoms with E-state index < -0.39 is 0 Å². The monoisotopic (exact) mass is 213 g/mol. The fourth-order valence-electron chi connectivity index (χ4n) is 0.954. The highest BCUT2D eigenvalue weighted by Crippen LogP contribution is 2.10. The molecule has 2 N–H and O–H groups in total. The second kappa shape index (κ2) is 5.44. The molecule has 76 valence electrons. The SMILES string of the molecule is CCNC(=O)CNc1ccnc(Cl)c1. The van der Waals surface area contributed by atoms with E-state index in [2.05, 4.69) is 15.6 Å². The molecule has 0 aliphatic heterocycles. The summed E-state index contributed by atoms with van der Waals surface area (Å²) in [4.78, 5) is 14.9. The van der Waals surface area contributed by atoms with E-state index in [9.17, 15) is 4.79 Å². The molecule has 0 unspecified atom stereocenters. The van der Waals surface area contributed by atoms with E-state index in [-0.39, 0.29) is 12.5 Å². The Hall–Kier alpha value is -1.29. The van der Waals surface area contributed by atoms with Crippen LogP contribution >= 0.6 is 11.6 Å². The minimum absolute atomic E-state index is 0.0413. The van der Waals surface area contributed by atoms with Gasteiger partial charge in [0.05, 0.1) is 6.54 Å². The summed E-state index contributed by atoms with van der Waals surface area (Å²) in [6.07, 6.45) is 1.59. The first-order chi connectivity index (χ1) is 6.72. The molecular formula is C9H12ClN3O. The smallest absolute Gasteiger partial charge is 0.239 e. The van der Waals surface area contributed by atoms with Gasteiger partial charge in [0.15, 0.2) is 0 Å². The van der Waals surface area contributed by atoms with Crippen LogP contribution in [0, 0.1) is 0 Å². The Morgan fingerprint density at radius 2 is 2.43 bits per heavy atom. The molecule has 0 aliphatic rings. The van der Waals surface area contributed by atoms with Gasteiger partial charge in [0, 0.05) is 18.4 Å². The third kappa shape index (κ3) is 3.62. The van der Waals surface area contributed by atoms with Gasteiger partial charge in [-0.25, -0.2) is 4.98 Å². The van der Waals surface area contributed by atoms with Crippen molar-refractivity contribution in [2.75, 3.05) is 18.4 Å². The summed E-state index contributed by atoms with van der Waals surface area (Å²) in [6.45, 7) is 2.76. The molecule has 4 nitrogen and oxygen atoms in total. The predicted molar refractivity (Wildman–Crippen MR) is 56.4 cm³/mol. The largest absolute Gasteiger partial charge is 0.376 e. The van der Waals surface area contributed by atoms with Gasteiger partial charge in [0.25, 0.3) is 0 Å². The Morgan fingerprint density at radius 1 is 1.64 bits per heavy atom. The van der Waals surface area contributed by atoms with Crippen molar-refractivity contribution in [1.29, 1.82) is 0 Å². The van der Waals surface area contributed by atoms with Crippen molar-refractivity contribution < 1.29 is 4.79 Å². The van der Waals surface area contributed by atoms with E-state index in [0.29, 0.717) is 11.7 Å². The molecule has 0 spiro atoms. The molecule has 0 atom stereocenters. The maximum Gasteiger partial charge on any atom is 0.239 e. The van der Waals surface area contributed by atoms with Gasteiger partial charge in [-0.1, -0.05) is 11.6 Å². The van der Waals surface area contributed by atoms with E-state index in [1.54, 1.807) is 18.3 Å². The Morgan fingerprint density at radius 3 is 3.07 bits per heavy atom. The molecule has 0 fully saturated rings. The molecule has 0 saturated carbocycles. The Balaban J connectivity index is 2.41. The summed E-state index contributed by atoms with van der Waals surface area (Å²) in [5.74, 6) is -0.0413. The van der Waals surface area contributed by atoms with Gasteiger partial charge < -0.3 is 10.6 Å². The van der Waals surface area contributed by atoms with Gasteiger partial charge in [-0.05, 0) is 19.1 Å². The molecule has 1 aromatic rings. The van der Waals surface area contributed by atoms with Crippen molar-refractivity contribution in [3.05, 3.63) is 23.5 Å². The first-order valence-corrected chi connectivity index (χ1v) is 4.72. The van der Waals surface area contributed by atoms with Gasteiger partial charge >= 0.3 is 0 Å². The van der Waals surface area contributed by atoms with E-state index in [4.69, 9.17) is 11.6 Å². The number of nitrogens with one attached hydrogen (secondary N) is 2. The number of carbonyl (C=O) groups is 1. The Bertz CT molecular complexity index is 317. The van der Waals surface area contributed by atoms with Crippen LogP contribution in [0.3, 0.4) is 0 Å². The average Bonchev–Trinajstić information content (AvgIpc) is 2.15. The lowest BCUT2D eigenvalue weighted by Gasteiger charge is -2.05. The van der Waals surface area contributed by atoms with Crippen LogP contribution in [0.2, 0.25) is 5.15 Å². The molecule has 0 bridgehead atoms. The first-order valence-electron chi connectivity index (χ1n) is 4.34. The normalized spacial score (nSPS) is 9.57. The van der Waals surface area contributed by atoms with E-state index >= 15 is 0 Å². The number of aromatic nitrogens is 1. The second-order valence-corrected chi connectivity index (χ2v) is 3.06. The van der Waals surface area contributed by atoms with Gasteiger partial charge in [-0.15, -0.1) is 0 Å². The van der Waals surface area contributed by atoms with Crippen molar-refractivity contribution in [3.63, 3.8) is 0 Å². The second-order valence-electron chi connectivity index (χ2n) is 2.67. The molecular weight excluding hydrogens is 202 g/mol. The molecule has 0 aliphatic carbocycles. The van der Waals surface area contributed by atoms with Gasteiger partial charge in [-0.3, -0.25) is 4.79 Å². The number of hydrogen-bond donors (Lipinski definition) is 2. The zero-order valence-electron chi connectivity index (χ0n) is 7.88. The maximum atomic E-state index is 11.1. The number of hydrogen-bond acceptors (Lipinski definition) is 3. The Kier molecular flexibility index (Phi) is 4.19. The zero-order chi connectivity index (χ0) is 10.4. The minimum Gasteiger partial charge on any atom is -0.376 e. The summed E-state index contributed by atoms with van der Waals surface area (Å²) in [7, 11) is 0. The molecule has 1 heterocycles. The number of anilines is 1. The van der Waals surface area contributed by atoms with Crippen molar-refractivity contribution in [3.8, 4) is 0 Å². The molecule has 1 amide bonds. The quantitative estimate of drug-likeness (QED) is 0.741. The zero-order valence-corrected chi connectivity index (χ0v) is 8.64. The third-order valence-corrected chi connectivity index (χ3v) is 1.76. The lowest BCUT2D eigenvalue weighted by molar-refractivity contribution is -0.119. The molecule has 14 heavy (non-hydrogen) atoms. The maximum absolute atomic E-state index is 11.1. The van der Waals surface area contributed by atoms with Gasteiger partial charge in [0.1, 0.15) is 5.15 Å². The van der Waals surface area contributed by atoms with Crippen LogP contribution in [0.1, 0.15) is 6.92 Å². The highest BCUT2D eigenvalue weighted by Gasteiger charge is 1.99. The molecule has 0 aromatic carbocycles. The van der Waals surface area contributed by atoms with E-state index in [1.165, 1.54) is 0 Å². The summed E-state index contributed by atoms with van der Waals surface area (Å²) in [5.41, 5.74) is 0.788. The number of rotatable bonds is 4. The number of pyridine rings is 1. The lowest BCUT2D eigenvalue weighted by atomic mass is 10.4. The molecule has 0 radical (unpaired) electrons. The van der Waals surface area contributed by atoms with Crippen molar-refractivity contribution in [1.82, 2.24) is 10.3 Å². The number of nitrogens with zero attached hydrogens (tertiary/aromatic N) is 1. The fraction of sp³-hybridized carbons (Fsp3) is 0.333. The summed E-state index contributed by atoms with van der Waals surface area (Å²) in [6, 6.07) is 3.42. The topological polar surface area (TPSA) is 54.0 Å². The van der Waals surface area contributed by atoms with Crippen LogP contribution in [0.5, 0.6) is 0 Å². The molecule has 0 saturated heterocycles. The van der Waals surface area contributed by atoms with Gasteiger partial charge in [0.2, 0.25) is 5.91 Å². The van der Waals surface area contributed by atoms with Crippen LogP contribution in [0.25, 0.3) is 0 Å². The Labute approximate surface area is 87.7 Å². The van der Waals surface area contributed by atoms with E-state index in [1.807, 2.05) is 6.92 Å². The summed E-state index contributed by atoms with van der Waals surface area (Å²) in [5, 5.41) is 6.02. The number of likely N-dealkylation sites (N-methyl/N-ethyl adjacent to an activating group) is 1. The standard InChI is InChI=1S/C9H12ClN3O/c1-2-11-9(14)6-13-7-3-4-12-8(10)5-7/h3-5H,2,6H2,1H3,(H,11,14)(H,12,13). The minimum atomic E-state index is -0.0413. The summed E-state index contributed by atoms with van der Waals surface area (Å²) < 4.78 is 0. The van der Waals surface area contributed by atoms with Crippen LogP contribution in [-0.4, -0.2) is 24.0 Å². The van der Waals surface area contributed by atoms with Crippen molar-refractivity contribution in [2.24, 2.45) is 0 Å². The van der Waals surface area contributed by atoms with Crippen LogP contribution in [-0.2, 0) is 4.79 Å². The lowest BCUT2D eigenvalue weighted by Crippen LogP contribution is -2.29. The number of carbonyl (C=O) groups excluding carboxylic acids is 1. The molecule has 5 heteroatoms. The third-order valence-electron chi connectivity index (χ3n) is 1.55.